The third kappa shape index (κ3) is 19.2. The summed E-state index contributed by atoms with van der Waals surface area (Å²) in [6.07, 6.45) is -9.26. The maximum absolute atomic E-state index is 13.3. The Kier molecular flexibility index (Phi) is 22.2. The van der Waals surface area contributed by atoms with Crippen LogP contribution < -0.4 is 66.7 Å². The van der Waals surface area contributed by atoms with Crippen molar-refractivity contribution in [3.05, 3.63) is 88.4 Å². The van der Waals surface area contributed by atoms with E-state index >= 15 is 0 Å². The summed E-state index contributed by atoms with van der Waals surface area (Å²) in [4.78, 5) is 29.1. The van der Waals surface area contributed by atoms with Crippen LogP contribution in [0.2, 0.25) is 0 Å². The van der Waals surface area contributed by atoms with Crippen molar-refractivity contribution < 1.29 is 102 Å². The summed E-state index contributed by atoms with van der Waals surface area (Å²) >= 11 is 3.23. The molecule has 4 aromatic carbocycles. The van der Waals surface area contributed by atoms with Gasteiger partial charge in [-0.15, -0.1) is 5.60 Å². The third-order valence-corrected chi connectivity index (χ3v) is 9.11. The third-order valence-electron chi connectivity index (χ3n) is 8.42. The minimum Gasteiger partial charge on any atom is -0.850 e. The molecule has 2 saturated heterocycles. The number of alkyl halides is 6. The van der Waals surface area contributed by atoms with E-state index in [1.807, 2.05) is 46.4 Å². The number of amides is 2. The second-order valence-corrected chi connectivity index (χ2v) is 18.0. The van der Waals surface area contributed by atoms with Gasteiger partial charge in [-0.3, -0.25) is 0 Å². The molecule has 1 N–H and O–H groups in total. The monoisotopic (exact) mass is 968 g/mol. The zero-order chi connectivity index (χ0) is 45.3. The van der Waals surface area contributed by atoms with E-state index in [1.165, 1.54) is 24.3 Å². The Labute approximate surface area is 413 Å². The Hall–Kier alpha value is -2.64. The first-order valence-electron chi connectivity index (χ1n) is 19.5. The van der Waals surface area contributed by atoms with Gasteiger partial charge in [0.1, 0.15) is 11.2 Å². The molecule has 2 aliphatic rings. The summed E-state index contributed by atoms with van der Waals surface area (Å²) in [6, 6.07) is 18.2. The van der Waals surface area contributed by atoms with Crippen LogP contribution >= 0.6 is 15.9 Å². The van der Waals surface area contributed by atoms with Crippen molar-refractivity contribution in [1.29, 1.82) is 0 Å². The van der Waals surface area contributed by atoms with E-state index in [4.69, 9.17) is 9.47 Å². The van der Waals surface area contributed by atoms with Crippen LogP contribution in [0, 0.1) is 0 Å². The Morgan fingerprint density at radius 1 is 0.581 bits per heavy atom. The molecule has 6 rings (SSSR count). The van der Waals surface area contributed by atoms with Crippen LogP contribution in [-0.2, 0) is 21.8 Å². The summed E-state index contributed by atoms with van der Waals surface area (Å²) in [5.41, 5.74) is -2.17. The molecule has 0 unspecified atom stereocenters. The SMILES string of the molecule is C.CC(C)(C)OC(=O)N1CCN(c2ccc(C(F)(F)F)c3ccccc23)CC1.CC(C)(C)OC(=O)N1CCNCC1.CC(C)(C)[O-].FC(F)(F)c1ccc(Br)c2ccccc12.[K+]. The molecule has 0 aromatic heterocycles. The van der Waals surface area contributed by atoms with Crippen LogP contribution in [0.1, 0.15) is 80.9 Å². The number of nitrogens with one attached hydrogen (secondary N) is 1. The Morgan fingerprint density at radius 2 is 0.935 bits per heavy atom. The first-order valence-corrected chi connectivity index (χ1v) is 20.3. The number of carbonyl (C=O) groups is 2. The van der Waals surface area contributed by atoms with E-state index < -0.39 is 34.7 Å². The number of rotatable bonds is 1. The molecule has 0 spiro atoms. The van der Waals surface area contributed by atoms with Crippen molar-refractivity contribution in [2.75, 3.05) is 57.3 Å². The van der Waals surface area contributed by atoms with Gasteiger partial charge in [-0.05, 0) is 82.0 Å². The van der Waals surface area contributed by atoms with Crippen LogP contribution in [0.3, 0.4) is 0 Å². The summed E-state index contributed by atoms with van der Waals surface area (Å²) in [5.74, 6) is 0. The van der Waals surface area contributed by atoms with Crippen molar-refractivity contribution in [2.45, 2.75) is 98.9 Å². The minimum absolute atomic E-state index is 0. The summed E-state index contributed by atoms with van der Waals surface area (Å²) in [6.45, 7) is 21.2. The van der Waals surface area contributed by atoms with Gasteiger partial charge in [0.15, 0.2) is 0 Å². The molecule has 340 valence electrons. The topological polar surface area (TPSA) is 97.4 Å². The maximum Gasteiger partial charge on any atom is 1.00 e. The largest absolute Gasteiger partial charge is 1.00 e. The van der Waals surface area contributed by atoms with E-state index in [0.29, 0.717) is 41.4 Å². The van der Waals surface area contributed by atoms with Gasteiger partial charge < -0.3 is 34.6 Å². The maximum atomic E-state index is 13.3. The van der Waals surface area contributed by atoms with Crippen molar-refractivity contribution in [3.8, 4) is 0 Å². The molecule has 0 saturated carbocycles. The molecule has 2 fully saturated rings. The Morgan fingerprint density at radius 3 is 1.34 bits per heavy atom. The van der Waals surface area contributed by atoms with Crippen molar-refractivity contribution in [2.24, 2.45) is 0 Å². The van der Waals surface area contributed by atoms with Crippen LogP contribution in [0.4, 0.5) is 41.6 Å². The Bertz CT molecular complexity index is 2030. The molecule has 2 amide bonds. The number of halogens is 7. The van der Waals surface area contributed by atoms with Crippen LogP contribution in [0.25, 0.3) is 21.5 Å². The second kappa shape index (κ2) is 24.0. The number of nitrogens with zero attached hydrogens (tertiary/aromatic N) is 3. The van der Waals surface area contributed by atoms with E-state index in [-0.39, 0.29) is 87.4 Å². The number of hydrogen-bond acceptors (Lipinski definition) is 7. The molecule has 62 heavy (non-hydrogen) atoms. The summed E-state index contributed by atoms with van der Waals surface area (Å²) < 4.78 is 89.1. The van der Waals surface area contributed by atoms with E-state index in [9.17, 15) is 41.0 Å². The van der Waals surface area contributed by atoms with Gasteiger partial charge in [0.05, 0.1) is 11.1 Å². The van der Waals surface area contributed by atoms with E-state index in [2.05, 4.69) is 21.2 Å². The molecule has 4 aromatic rings. The second-order valence-electron chi connectivity index (χ2n) is 17.1. The Balaban J connectivity index is 0.000000466. The number of fused-ring (bicyclic) bond motifs is 2. The van der Waals surface area contributed by atoms with Gasteiger partial charge in [0, 0.05) is 67.9 Å². The standard InChI is InChI=1S/C20H23F3N2O2.C11H6BrF3.C9H18N2O2.C4H9O.CH4.K/c1-19(2,3)27-18(26)25-12-10-24(11-13-25)17-9-8-16(20(21,22)23)14-6-4-5-7-15(14)17;12-10-6-5-9(11(13,14)15)7-3-1-2-4-8(7)10;1-9(2,3)13-8(12)11-6-4-10-5-7-11;1-4(2,3)5;;/h4-9H,10-13H2,1-3H3;1-6H;10H,4-7H2,1-3H3;1-3H3;1H4;/q;;;-1;;+1. The summed E-state index contributed by atoms with van der Waals surface area (Å²) in [7, 11) is 0. The summed E-state index contributed by atoms with van der Waals surface area (Å²) in [5, 5.41) is 14.8. The normalized spacial score (nSPS) is 14.7. The van der Waals surface area contributed by atoms with Crippen LogP contribution in [-0.4, -0.2) is 91.1 Å². The average Bonchev–Trinajstić information content (AvgIpc) is 3.13. The predicted octanol–water partition coefficient (Wildman–Crippen LogP) is 8.15. The predicted molar refractivity (Wildman–Crippen MR) is 233 cm³/mol. The minimum atomic E-state index is -4.40. The molecular weight excluding hydrogens is 910 g/mol. The number of anilines is 1. The molecule has 0 radical (unpaired) electrons. The zero-order valence-electron chi connectivity index (χ0n) is 36.6. The van der Waals surface area contributed by atoms with Crippen molar-refractivity contribution in [1.82, 2.24) is 15.1 Å². The molecular formula is C45H60BrF6KN4O5. The quantitative estimate of drug-likeness (QED) is 0.152. The van der Waals surface area contributed by atoms with Crippen molar-refractivity contribution >= 4 is 55.3 Å². The fourth-order valence-electron chi connectivity index (χ4n) is 5.95. The first-order chi connectivity index (χ1) is 27.5. The van der Waals surface area contributed by atoms with Gasteiger partial charge in [-0.25, -0.2) is 9.59 Å². The van der Waals surface area contributed by atoms with Crippen LogP contribution in [0.5, 0.6) is 0 Å². The van der Waals surface area contributed by atoms with Gasteiger partial charge in [0.2, 0.25) is 0 Å². The van der Waals surface area contributed by atoms with Gasteiger partial charge in [0.25, 0.3) is 0 Å². The average molecular weight is 970 g/mol. The molecule has 0 atom stereocenters. The number of carbonyl (C=O) groups excluding carboxylic acids is 2. The fraction of sp³-hybridized carbons (Fsp3) is 0.511. The zero-order valence-corrected chi connectivity index (χ0v) is 41.3. The number of hydrogen-bond donors (Lipinski definition) is 1. The molecule has 9 nitrogen and oxygen atoms in total. The molecule has 0 bridgehead atoms. The molecule has 17 heteroatoms. The van der Waals surface area contributed by atoms with Gasteiger partial charge >= 0.3 is 75.9 Å². The smallest absolute Gasteiger partial charge is 0.850 e. The molecule has 0 aliphatic carbocycles. The number of piperazine rings is 2. The van der Waals surface area contributed by atoms with Crippen molar-refractivity contribution in [3.63, 3.8) is 0 Å². The molecule has 2 aliphatic heterocycles. The van der Waals surface area contributed by atoms with Gasteiger partial charge in [-0.2, -0.15) is 26.3 Å². The van der Waals surface area contributed by atoms with E-state index in [1.54, 1.807) is 67.0 Å². The van der Waals surface area contributed by atoms with Crippen LogP contribution in [0.15, 0.2) is 77.3 Å². The van der Waals surface area contributed by atoms with E-state index in [0.717, 1.165) is 44.0 Å². The first kappa shape index (κ1) is 57.4. The number of ether oxygens (including phenoxy) is 2. The molecule has 2 heterocycles. The number of benzene rings is 4. The van der Waals surface area contributed by atoms with Gasteiger partial charge in [-0.1, -0.05) is 92.7 Å². The fourth-order valence-corrected chi connectivity index (χ4v) is 6.42.